The number of benzene rings is 1. The molecule has 2 N–H and O–H groups in total. The SMILES string of the molecule is Cc1cc(N)c2nc(-c3ccccc3)c(C)n2c1. The van der Waals surface area contributed by atoms with Crippen LogP contribution in [0.15, 0.2) is 42.6 Å². The molecule has 3 nitrogen and oxygen atoms in total. The second kappa shape index (κ2) is 3.88. The summed E-state index contributed by atoms with van der Waals surface area (Å²) in [6.07, 6.45) is 2.07. The molecule has 0 saturated carbocycles. The molecule has 0 saturated heterocycles. The van der Waals surface area contributed by atoms with Crippen molar-refractivity contribution in [1.82, 2.24) is 9.38 Å². The van der Waals surface area contributed by atoms with E-state index in [1.807, 2.05) is 31.2 Å². The Balaban J connectivity index is 2.33. The number of fused-ring (bicyclic) bond motifs is 1. The second-order valence-corrected chi connectivity index (χ2v) is 4.58. The van der Waals surface area contributed by atoms with Gasteiger partial charge in [-0.05, 0) is 25.5 Å². The molecule has 3 aromatic rings. The highest BCUT2D eigenvalue weighted by atomic mass is 15.0. The van der Waals surface area contributed by atoms with Crippen molar-refractivity contribution < 1.29 is 0 Å². The normalized spacial score (nSPS) is 11.0. The van der Waals surface area contributed by atoms with Gasteiger partial charge in [-0.1, -0.05) is 30.3 Å². The van der Waals surface area contributed by atoms with Gasteiger partial charge in [0.15, 0.2) is 5.65 Å². The maximum Gasteiger partial charge on any atom is 0.160 e. The minimum atomic E-state index is 0.722. The molecule has 2 heterocycles. The van der Waals surface area contributed by atoms with E-state index >= 15 is 0 Å². The smallest absolute Gasteiger partial charge is 0.160 e. The minimum absolute atomic E-state index is 0.722. The average Bonchev–Trinajstić information content (AvgIpc) is 2.69. The lowest BCUT2D eigenvalue weighted by molar-refractivity contribution is 1.09. The Labute approximate surface area is 106 Å². The summed E-state index contributed by atoms with van der Waals surface area (Å²) in [6, 6.07) is 12.1. The molecule has 0 radical (unpaired) electrons. The highest BCUT2D eigenvalue weighted by molar-refractivity contribution is 5.73. The van der Waals surface area contributed by atoms with Crippen molar-refractivity contribution in [1.29, 1.82) is 0 Å². The molecule has 2 aromatic heterocycles. The van der Waals surface area contributed by atoms with Crippen molar-refractivity contribution in [3.8, 4) is 11.3 Å². The molecule has 0 aliphatic heterocycles. The maximum absolute atomic E-state index is 6.03. The van der Waals surface area contributed by atoms with E-state index < -0.39 is 0 Å². The van der Waals surface area contributed by atoms with Crippen LogP contribution >= 0.6 is 0 Å². The summed E-state index contributed by atoms with van der Waals surface area (Å²) in [6.45, 7) is 4.11. The molecule has 0 aliphatic rings. The van der Waals surface area contributed by atoms with Crippen LogP contribution < -0.4 is 5.73 Å². The first-order valence-electron chi connectivity index (χ1n) is 5.97. The van der Waals surface area contributed by atoms with Crippen LogP contribution in [-0.2, 0) is 0 Å². The fourth-order valence-electron chi connectivity index (χ4n) is 2.30. The van der Waals surface area contributed by atoms with Crippen molar-refractivity contribution in [3.05, 3.63) is 53.9 Å². The van der Waals surface area contributed by atoms with E-state index in [1.54, 1.807) is 0 Å². The Kier molecular flexibility index (Phi) is 2.33. The first-order chi connectivity index (χ1) is 8.66. The van der Waals surface area contributed by atoms with Crippen molar-refractivity contribution in [2.45, 2.75) is 13.8 Å². The molecule has 90 valence electrons. The van der Waals surface area contributed by atoms with Crippen LogP contribution in [0.2, 0.25) is 0 Å². The van der Waals surface area contributed by atoms with Gasteiger partial charge in [-0.2, -0.15) is 0 Å². The topological polar surface area (TPSA) is 43.3 Å². The standard InChI is InChI=1S/C15H15N3/c1-10-8-13(16)15-17-14(11(2)18(15)9-10)12-6-4-3-5-7-12/h3-9H,16H2,1-2H3. The molecule has 0 bridgehead atoms. The van der Waals surface area contributed by atoms with Gasteiger partial charge in [-0.25, -0.2) is 4.98 Å². The predicted molar refractivity (Wildman–Crippen MR) is 74.5 cm³/mol. The highest BCUT2D eigenvalue weighted by Gasteiger charge is 2.12. The predicted octanol–water partition coefficient (Wildman–Crippen LogP) is 3.20. The van der Waals surface area contributed by atoms with Gasteiger partial charge in [-0.3, -0.25) is 0 Å². The summed E-state index contributed by atoms with van der Waals surface area (Å²) >= 11 is 0. The zero-order valence-electron chi connectivity index (χ0n) is 10.5. The molecule has 3 rings (SSSR count). The summed E-state index contributed by atoms with van der Waals surface area (Å²) in [5.74, 6) is 0. The number of anilines is 1. The van der Waals surface area contributed by atoms with Crippen LogP contribution in [0.5, 0.6) is 0 Å². The third kappa shape index (κ3) is 1.56. The van der Waals surface area contributed by atoms with Gasteiger partial charge in [-0.15, -0.1) is 0 Å². The summed E-state index contributed by atoms with van der Waals surface area (Å²) < 4.78 is 2.06. The summed E-state index contributed by atoms with van der Waals surface area (Å²) in [4.78, 5) is 4.66. The van der Waals surface area contributed by atoms with Crippen molar-refractivity contribution in [2.24, 2.45) is 0 Å². The zero-order chi connectivity index (χ0) is 12.7. The summed E-state index contributed by atoms with van der Waals surface area (Å²) in [5, 5.41) is 0. The zero-order valence-corrected chi connectivity index (χ0v) is 10.5. The van der Waals surface area contributed by atoms with Crippen molar-refractivity contribution >= 4 is 11.3 Å². The van der Waals surface area contributed by atoms with Crippen molar-refractivity contribution in [2.75, 3.05) is 5.73 Å². The first-order valence-corrected chi connectivity index (χ1v) is 5.97. The van der Waals surface area contributed by atoms with E-state index in [2.05, 4.69) is 34.6 Å². The molecule has 18 heavy (non-hydrogen) atoms. The van der Waals surface area contributed by atoms with Gasteiger partial charge >= 0.3 is 0 Å². The maximum atomic E-state index is 6.03. The number of nitrogen functional groups attached to an aromatic ring is 1. The number of imidazole rings is 1. The van der Waals surface area contributed by atoms with Gasteiger partial charge in [0.25, 0.3) is 0 Å². The van der Waals surface area contributed by atoms with E-state index in [9.17, 15) is 0 Å². The number of nitrogens with zero attached hydrogens (tertiary/aromatic N) is 2. The molecule has 1 aromatic carbocycles. The first kappa shape index (κ1) is 10.8. The van der Waals surface area contributed by atoms with E-state index in [4.69, 9.17) is 5.73 Å². The Morgan fingerprint density at radius 3 is 2.56 bits per heavy atom. The van der Waals surface area contributed by atoms with E-state index in [0.29, 0.717) is 0 Å². The van der Waals surface area contributed by atoms with Gasteiger partial charge in [0, 0.05) is 17.5 Å². The number of hydrogen-bond donors (Lipinski definition) is 1. The Hall–Kier alpha value is -2.29. The summed E-state index contributed by atoms with van der Waals surface area (Å²) in [5.41, 5.74) is 12.0. The van der Waals surface area contributed by atoms with Crippen LogP contribution in [0.3, 0.4) is 0 Å². The fraction of sp³-hybridized carbons (Fsp3) is 0.133. The number of pyridine rings is 1. The molecule has 0 fully saturated rings. The number of rotatable bonds is 1. The van der Waals surface area contributed by atoms with Gasteiger partial charge < -0.3 is 10.1 Å². The third-order valence-corrected chi connectivity index (χ3v) is 3.17. The van der Waals surface area contributed by atoms with Crippen molar-refractivity contribution in [3.63, 3.8) is 0 Å². The average molecular weight is 237 g/mol. The summed E-state index contributed by atoms with van der Waals surface area (Å²) in [7, 11) is 0. The molecule has 0 amide bonds. The fourth-order valence-corrected chi connectivity index (χ4v) is 2.30. The monoisotopic (exact) mass is 237 g/mol. The highest BCUT2D eigenvalue weighted by Crippen LogP contribution is 2.26. The van der Waals surface area contributed by atoms with E-state index in [0.717, 1.165) is 33.8 Å². The minimum Gasteiger partial charge on any atom is -0.396 e. The number of aromatic nitrogens is 2. The Morgan fingerprint density at radius 2 is 1.83 bits per heavy atom. The van der Waals surface area contributed by atoms with Crippen LogP contribution in [0, 0.1) is 13.8 Å². The lowest BCUT2D eigenvalue weighted by atomic mass is 10.1. The molecular weight excluding hydrogens is 222 g/mol. The Bertz CT molecular complexity index is 711. The van der Waals surface area contributed by atoms with Crippen LogP contribution in [0.25, 0.3) is 16.9 Å². The second-order valence-electron chi connectivity index (χ2n) is 4.58. The third-order valence-electron chi connectivity index (χ3n) is 3.17. The van der Waals surface area contributed by atoms with E-state index in [1.165, 1.54) is 0 Å². The molecular formula is C15H15N3. The molecule has 0 unspecified atom stereocenters. The quantitative estimate of drug-likeness (QED) is 0.706. The molecule has 0 aliphatic carbocycles. The lowest BCUT2D eigenvalue weighted by Crippen LogP contribution is -1.95. The van der Waals surface area contributed by atoms with Gasteiger partial charge in [0.1, 0.15) is 0 Å². The molecule has 0 spiro atoms. The lowest BCUT2D eigenvalue weighted by Gasteiger charge is -2.02. The van der Waals surface area contributed by atoms with Crippen LogP contribution in [-0.4, -0.2) is 9.38 Å². The number of aryl methyl sites for hydroxylation is 2. The van der Waals surface area contributed by atoms with E-state index in [-0.39, 0.29) is 0 Å². The molecule has 0 atom stereocenters. The van der Waals surface area contributed by atoms with Crippen LogP contribution in [0.1, 0.15) is 11.3 Å². The van der Waals surface area contributed by atoms with Crippen LogP contribution in [0.4, 0.5) is 5.69 Å². The Morgan fingerprint density at radius 1 is 1.11 bits per heavy atom. The van der Waals surface area contributed by atoms with Gasteiger partial charge in [0.05, 0.1) is 11.4 Å². The van der Waals surface area contributed by atoms with Gasteiger partial charge in [0.2, 0.25) is 0 Å². The number of nitrogens with two attached hydrogens (primary N) is 1. The molecule has 3 heteroatoms. The number of hydrogen-bond acceptors (Lipinski definition) is 2. The largest absolute Gasteiger partial charge is 0.396 e.